The minimum Gasteiger partial charge on any atom is -0.382 e. The number of hydrogen-bond donors (Lipinski definition) is 1. The van der Waals surface area contributed by atoms with Crippen molar-refractivity contribution in [3.63, 3.8) is 0 Å². The van der Waals surface area contributed by atoms with Crippen molar-refractivity contribution in [2.24, 2.45) is 0 Å². The Labute approximate surface area is 103 Å². The van der Waals surface area contributed by atoms with E-state index < -0.39 is 0 Å². The van der Waals surface area contributed by atoms with Gasteiger partial charge in [-0.15, -0.1) is 0 Å². The van der Waals surface area contributed by atoms with Crippen LogP contribution < -0.4 is 10.6 Å². The molecule has 84 valence electrons. The second kappa shape index (κ2) is 4.67. The maximum absolute atomic E-state index is 6.04. The van der Waals surface area contributed by atoms with Crippen molar-refractivity contribution in [2.75, 3.05) is 17.7 Å². The number of rotatable bonds is 3. The molecule has 0 spiro atoms. The summed E-state index contributed by atoms with van der Waals surface area (Å²) in [5.74, 6) is 0.962. The largest absolute Gasteiger partial charge is 0.382 e. The van der Waals surface area contributed by atoms with Crippen LogP contribution in [-0.4, -0.2) is 17.0 Å². The summed E-state index contributed by atoms with van der Waals surface area (Å²) in [5.41, 5.74) is 6.85. The standard InChI is InChI=1S/C10H11ClN4S/c1-15(4-7-2-3-16-5-7)10-8(11)9(12)13-6-14-10/h2-3,5-6H,4H2,1H3,(H2,12,13,14). The number of nitrogen functional groups attached to an aromatic ring is 1. The maximum Gasteiger partial charge on any atom is 0.153 e. The number of thiophene rings is 1. The Morgan fingerprint density at radius 2 is 2.31 bits per heavy atom. The Morgan fingerprint density at radius 3 is 3.00 bits per heavy atom. The second-order valence-electron chi connectivity index (χ2n) is 3.38. The Kier molecular flexibility index (Phi) is 3.26. The Morgan fingerprint density at radius 1 is 1.50 bits per heavy atom. The van der Waals surface area contributed by atoms with E-state index in [1.54, 1.807) is 11.3 Å². The number of halogens is 1. The number of hydrogen-bond acceptors (Lipinski definition) is 5. The van der Waals surface area contributed by atoms with Crippen molar-refractivity contribution in [1.82, 2.24) is 9.97 Å². The van der Waals surface area contributed by atoms with E-state index in [9.17, 15) is 0 Å². The monoisotopic (exact) mass is 254 g/mol. The molecule has 2 aromatic rings. The molecule has 6 heteroatoms. The van der Waals surface area contributed by atoms with Crippen LogP contribution in [0, 0.1) is 0 Å². The topological polar surface area (TPSA) is 55.0 Å². The zero-order chi connectivity index (χ0) is 11.5. The molecular weight excluding hydrogens is 244 g/mol. The molecule has 0 saturated heterocycles. The van der Waals surface area contributed by atoms with Crippen LogP contribution in [-0.2, 0) is 6.54 Å². The first-order valence-electron chi connectivity index (χ1n) is 4.66. The fourth-order valence-electron chi connectivity index (χ4n) is 1.37. The highest BCUT2D eigenvalue weighted by Gasteiger charge is 2.11. The molecule has 16 heavy (non-hydrogen) atoms. The SMILES string of the molecule is CN(Cc1ccsc1)c1ncnc(N)c1Cl. The third kappa shape index (κ3) is 2.25. The molecule has 2 aromatic heterocycles. The van der Waals surface area contributed by atoms with Crippen molar-refractivity contribution >= 4 is 34.6 Å². The summed E-state index contributed by atoms with van der Waals surface area (Å²) in [6, 6.07) is 2.07. The summed E-state index contributed by atoms with van der Waals surface area (Å²) >= 11 is 7.71. The molecule has 0 aliphatic carbocycles. The molecule has 0 aromatic carbocycles. The van der Waals surface area contributed by atoms with Crippen LogP contribution in [0.3, 0.4) is 0 Å². The Balaban J connectivity index is 2.21. The fraction of sp³-hybridized carbons (Fsp3) is 0.200. The molecule has 4 nitrogen and oxygen atoms in total. The van der Waals surface area contributed by atoms with Gasteiger partial charge >= 0.3 is 0 Å². The molecule has 0 radical (unpaired) electrons. The Hall–Kier alpha value is -1.33. The summed E-state index contributed by atoms with van der Waals surface area (Å²) in [7, 11) is 1.92. The fourth-order valence-corrected chi connectivity index (χ4v) is 2.27. The van der Waals surface area contributed by atoms with Crippen LogP contribution in [0.2, 0.25) is 5.02 Å². The minimum atomic E-state index is 0.309. The van der Waals surface area contributed by atoms with E-state index in [1.807, 2.05) is 17.3 Å². The summed E-state index contributed by atoms with van der Waals surface area (Å²) in [6.07, 6.45) is 1.42. The van der Waals surface area contributed by atoms with Crippen LogP contribution in [0.4, 0.5) is 11.6 Å². The van der Waals surface area contributed by atoms with E-state index in [-0.39, 0.29) is 0 Å². The molecule has 0 amide bonds. The molecule has 0 aliphatic heterocycles. The van der Waals surface area contributed by atoms with Gasteiger partial charge in [0.15, 0.2) is 5.82 Å². The van der Waals surface area contributed by atoms with Gasteiger partial charge in [0.2, 0.25) is 0 Å². The molecule has 0 aliphatic rings. The molecule has 2 rings (SSSR count). The predicted octanol–water partition coefficient (Wildman–Crippen LogP) is 2.41. The van der Waals surface area contributed by atoms with Gasteiger partial charge in [0.25, 0.3) is 0 Å². The minimum absolute atomic E-state index is 0.309. The summed E-state index contributed by atoms with van der Waals surface area (Å²) in [5, 5.41) is 4.54. The normalized spacial score (nSPS) is 10.4. The highest BCUT2D eigenvalue weighted by Crippen LogP contribution is 2.27. The van der Waals surface area contributed by atoms with Gasteiger partial charge in [0.1, 0.15) is 17.2 Å². The second-order valence-corrected chi connectivity index (χ2v) is 4.54. The number of nitrogens with two attached hydrogens (primary N) is 1. The van der Waals surface area contributed by atoms with Crippen molar-refractivity contribution < 1.29 is 0 Å². The van der Waals surface area contributed by atoms with Gasteiger partial charge in [-0.1, -0.05) is 11.6 Å². The van der Waals surface area contributed by atoms with E-state index in [2.05, 4.69) is 21.4 Å². The Bertz CT molecular complexity index is 472. The predicted molar refractivity (Wildman–Crippen MR) is 67.9 cm³/mol. The van der Waals surface area contributed by atoms with Crippen LogP contribution in [0.5, 0.6) is 0 Å². The average molecular weight is 255 g/mol. The smallest absolute Gasteiger partial charge is 0.153 e. The van der Waals surface area contributed by atoms with Gasteiger partial charge in [-0.3, -0.25) is 0 Å². The highest BCUT2D eigenvalue weighted by atomic mass is 35.5. The van der Waals surface area contributed by atoms with Gasteiger partial charge in [-0.2, -0.15) is 11.3 Å². The van der Waals surface area contributed by atoms with Crippen LogP contribution in [0.15, 0.2) is 23.2 Å². The first kappa shape index (κ1) is 11.2. The van der Waals surface area contributed by atoms with Crippen molar-refractivity contribution in [1.29, 1.82) is 0 Å². The van der Waals surface area contributed by atoms with E-state index in [0.29, 0.717) is 16.7 Å². The first-order chi connectivity index (χ1) is 7.68. The van der Waals surface area contributed by atoms with Crippen LogP contribution in [0.1, 0.15) is 5.56 Å². The van der Waals surface area contributed by atoms with E-state index in [4.69, 9.17) is 17.3 Å². The average Bonchev–Trinajstić information content (AvgIpc) is 2.74. The summed E-state index contributed by atoms with van der Waals surface area (Å²) < 4.78 is 0. The summed E-state index contributed by atoms with van der Waals surface area (Å²) in [4.78, 5) is 9.90. The molecule has 0 bridgehead atoms. The lowest BCUT2D eigenvalue weighted by atomic mass is 10.3. The third-order valence-corrected chi connectivity index (χ3v) is 3.25. The quantitative estimate of drug-likeness (QED) is 0.914. The molecule has 0 unspecified atom stereocenters. The van der Waals surface area contributed by atoms with Gasteiger partial charge < -0.3 is 10.6 Å². The number of nitrogens with zero attached hydrogens (tertiary/aromatic N) is 3. The zero-order valence-corrected chi connectivity index (χ0v) is 10.3. The van der Waals surface area contributed by atoms with Crippen molar-refractivity contribution in [3.05, 3.63) is 33.7 Å². The van der Waals surface area contributed by atoms with Gasteiger partial charge in [-0.05, 0) is 22.4 Å². The number of anilines is 2. The summed E-state index contributed by atoms with van der Waals surface area (Å²) in [6.45, 7) is 0.750. The zero-order valence-electron chi connectivity index (χ0n) is 8.72. The van der Waals surface area contributed by atoms with Crippen molar-refractivity contribution in [3.8, 4) is 0 Å². The molecule has 2 heterocycles. The van der Waals surface area contributed by atoms with Crippen LogP contribution in [0.25, 0.3) is 0 Å². The molecule has 0 atom stereocenters. The van der Waals surface area contributed by atoms with Gasteiger partial charge in [0.05, 0.1) is 0 Å². The molecular formula is C10H11ClN4S. The van der Waals surface area contributed by atoms with E-state index >= 15 is 0 Å². The van der Waals surface area contributed by atoms with Gasteiger partial charge in [0, 0.05) is 13.6 Å². The lowest BCUT2D eigenvalue weighted by molar-refractivity contribution is 0.896. The lowest BCUT2D eigenvalue weighted by Crippen LogP contribution is -2.18. The van der Waals surface area contributed by atoms with Crippen LogP contribution >= 0.6 is 22.9 Å². The lowest BCUT2D eigenvalue weighted by Gasteiger charge is -2.18. The van der Waals surface area contributed by atoms with Crippen molar-refractivity contribution in [2.45, 2.75) is 6.54 Å². The van der Waals surface area contributed by atoms with Gasteiger partial charge in [-0.25, -0.2) is 9.97 Å². The highest BCUT2D eigenvalue weighted by molar-refractivity contribution is 7.07. The maximum atomic E-state index is 6.04. The third-order valence-electron chi connectivity index (χ3n) is 2.16. The molecule has 0 saturated carbocycles. The van der Waals surface area contributed by atoms with E-state index in [1.165, 1.54) is 11.9 Å². The number of aromatic nitrogens is 2. The molecule has 0 fully saturated rings. The first-order valence-corrected chi connectivity index (χ1v) is 5.98. The van der Waals surface area contributed by atoms with E-state index in [0.717, 1.165) is 6.54 Å². The molecule has 2 N–H and O–H groups in total.